The standard InChI is InChI=1S/C16H25N3O/c1-11-6-14(17)9-19(8-11)10-16(20)18-15-5-4-12(2)13(3)7-15/h4-5,7,11,14H,6,8-10,17H2,1-3H3,(H,18,20). The number of piperidine rings is 1. The smallest absolute Gasteiger partial charge is 0.238 e. The number of aryl methyl sites for hydroxylation is 2. The van der Waals surface area contributed by atoms with E-state index < -0.39 is 0 Å². The molecule has 0 aliphatic carbocycles. The fourth-order valence-corrected chi connectivity index (χ4v) is 2.86. The molecule has 4 nitrogen and oxygen atoms in total. The molecule has 2 rings (SSSR count). The van der Waals surface area contributed by atoms with E-state index in [9.17, 15) is 4.79 Å². The van der Waals surface area contributed by atoms with Gasteiger partial charge in [0.15, 0.2) is 0 Å². The molecule has 1 heterocycles. The molecule has 20 heavy (non-hydrogen) atoms. The van der Waals surface area contributed by atoms with Gasteiger partial charge in [0.05, 0.1) is 6.54 Å². The zero-order valence-electron chi connectivity index (χ0n) is 12.6. The molecule has 3 N–H and O–H groups in total. The molecule has 1 fully saturated rings. The Bertz CT molecular complexity index is 477. The minimum absolute atomic E-state index is 0.0366. The molecule has 2 atom stereocenters. The van der Waals surface area contributed by atoms with Gasteiger partial charge in [0.25, 0.3) is 0 Å². The van der Waals surface area contributed by atoms with Gasteiger partial charge in [0, 0.05) is 24.8 Å². The molecule has 1 aliphatic heterocycles. The molecule has 0 spiro atoms. The molecule has 110 valence electrons. The topological polar surface area (TPSA) is 58.4 Å². The van der Waals surface area contributed by atoms with Gasteiger partial charge in [-0.05, 0) is 49.4 Å². The first-order valence-corrected chi connectivity index (χ1v) is 7.29. The summed E-state index contributed by atoms with van der Waals surface area (Å²) in [5.74, 6) is 0.600. The van der Waals surface area contributed by atoms with Crippen molar-refractivity contribution in [2.75, 3.05) is 25.0 Å². The van der Waals surface area contributed by atoms with Crippen LogP contribution in [0.1, 0.15) is 24.5 Å². The molecule has 1 aromatic rings. The van der Waals surface area contributed by atoms with Crippen LogP contribution in [0.3, 0.4) is 0 Å². The van der Waals surface area contributed by atoms with Crippen LogP contribution in [0, 0.1) is 19.8 Å². The number of nitrogens with zero attached hydrogens (tertiary/aromatic N) is 1. The number of hydrogen-bond acceptors (Lipinski definition) is 3. The highest BCUT2D eigenvalue weighted by molar-refractivity contribution is 5.92. The monoisotopic (exact) mass is 275 g/mol. The van der Waals surface area contributed by atoms with E-state index in [4.69, 9.17) is 5.73 Å². The van der Waals surface area contributed by atoms with Crippen LogP contribution in [0.25, 0.3) is 0 Å². The lowest BCUT2D eigenvalue weighted by molar-refractivity contribution is -0.117. The predicted molar refractivity (Wildman–Crippen MR) is 82.7 cm³/mol. The van der Waals surface area contributed by atoms with Gasteiger partial charge < -0.3 is 11.1 Å². The average molecular weight is 275 g/mol. The molecule has 0 saturated carbocycles. The minimum Gasteiger partial charge on any atom is -0.327 e. The normalized spacial score (nSPS) is 23.6. The van der Waals surface area contributed by atoms with Crippen molar-refractivity contribution in [3.05, 3.63) is 29.3 Å². The number of likely N-dealkylation sites (tertiary alicyclic amines) is 1. The number of nitrogens with one attached hydrogen (secondary N) is 1. The molecule has 1 aliphatic rings. The van der Waals surface area contributed by atoms with E-state index in [0.29, 0.717) is 12.5 Å². The van der Waals surface area contributed by atoms with Crippen molar-refractivity contribution in [2.24, 2.45) is 11.7 Å². The van der Waals surface area contributed by atoms with Crippen LogP contribution >= 0.6 is 0 Å². The lowest BCUT2D eigenvalue weighted by atomic mass is 9.97. The lowest BCUT2D eigenvalue weighted by Gasteiger charge is -2.34. The van der Waals surface area contributed by atoms with Crippen LogP contribution in [-0.4, -0.2) is 36.5 Å². The highest BCUT2D eigenvalue weighted by Crippen LogP contribution is 2.16. The number of nitrogens with two attached hydrogens (primary N) is 1. The molecular formula is C16H25N3O. The summed E-state index contributed by atoms with van der Waals surface area (Å²) >= 11 is 0. The van der Waals surface area contributed by atoms with E-state index >= 15 is 0 Å². The Morgan fingerprint density at radius 2 is 2.10 bits per heavy atom. The third kappa shape index (κ3) is 4.05. The lowest BCUT2D eigenvalue weighted by Crippen LogP contribution is -2.48. The second-order valence-corrected chi connectivity index (χ2v) is 6.14. The Labute approximate surface area is 121 Å². The van der Waals surface area contributed by atoms with Crippen LogP contribution in [0.15, 0.2) is 18.2 Å². The molecule has 2 unspecified atom stereocenters. The van der Waals surface area contributed by atoms with Crippen molar-refractivity contribution in [3.8, 4) is 0 Å². The minimum atomic E-state index is 0.0366. The Morgan fingerprint density at radius 1 is 1.35 bits per heavy atom. The van der Waals surface area contributed by atoms with E-state index in [1.165, 1.54) is 11.1 Å². The van der Waals surface area contributed by atoms with E-state index in [2.05, 4.69) is 31.0 Å². The van der Waals surface area contributed by atoms with Crippen LogP contribution < -0.4 is 11.1 Å². The van der Waals surface area contributed by atoms with E-state index in [1.54, 1.807) is 0 Å². The largest absolute Gasteiger partial charge is 0.327 e. The Balaban J connectivity index is 1.90. The Hall–Kier alpha value is -1.39. The summed E-state index contributed by atoms with van der Waals surface area (Å²) in [6, 6.07) is 6.18. The summed E-state index contributed by atoms with van der Waals surface area (Å²) < 4.78 is 0. The third-order valence-corrected chi connectivity index (χ3v) is 3.93. The van der Waals surface area contributed by atoms with Gasteiger partial charge in [-0.25, -0.2) is 0 Å². The van der Waals surface area contributed by atoms with Gasteiger partial charge in [-0.15, -0.1) is 0 Å². The molecule has 4 heteroatoms. The van der Waals surface area contributed by atoms with Gasteiger partial charge in [-0.3, -0.25) is 9.69 Å². The molecule has 0 aromatic heterocycles. The summed E-state index contributed by atoms with van der Waals surface area (Å²) in [6.07, 6.45) is 1.05. The van der Waals surface area contributed by atoms with Crippen LogP contribution in [0.4, 0.5) is 5.69 Å². The highest BCUT2D eigenvalue weighted by Gasteiger charge is 2.23. The Morgan fingerprint density at radius 3 is 2.75 bits per heavy atom. The van der Waals surface area contributed by atoms with Crippen molar-refractivity contribution >= 4 is 11.6 Å². The zero-order chi connectivity index (χ0) is 14.7. The van der Waals surface area contributed by atoms with Gasteiger partial charge >= 0.3 is 0 Å². The van der Waals surface area contributed by atoms with Gasteiger partial charge in [-0.1, -0.05) is 13.0 Å². The van der Waals surface area contributed by atoms with Crippen LogP contribution in [-0.2, 0) is 4.79 Å². The fraction of sp³-hybridized carbons (Fsp3) is 0.562. The number of hydrogen-bond donors (Lipinski definition) is 2. The quantitative estimate of drug-likeness (QED) is 0.886. The number of anilines is 1. The van der Waals surface area contributed by atoms with E-state index in [-0.39, 0.29) is 11.9 Å². The molecule has 1 aromatic carbocycles. The summed E-state index contributed by atoms with van der Waals surface area (Å²) in [5, 5.41) is 2.97. The van der Waals surface area contributed by atoms with Crippen molar-refractivity contribution in [1.29, 1.82) is 0 Å². The van der Waals surface area contributed by atoms with Crippen LogP contribution in [0.2, 0.25) is 0 Å². The van der Waals surface area contributed by atoms with Gasteiger partial charge in [-0.2, -0.15) is 0 Å². The van der Waals surface area contributed by atoms with Crippen LogP contribution in [0.5, 0.6) is 0 Å². The summed E-state index contributed by atoms with van der Waals surface area (Å²) in [7, 11) is 0. The molecule has 1 amide bonds. The van der Waals surface area contributed by atoms with Crippen molar-refractivity contribution in [2.45, 2.75) is 33.2 Å². The molecular weight excluding hydrogens is 250 g/mol. The van der Waals surface area contributed by atoms with Crippen molar-refractivity contribution in [1.82, 2.24) is 4.90 Å². The SMILES string of the molecule is Cc1ccc(NC(=O)CN2CC(C)CC(N)C2)cc1C. The maximum absolute atomic E-state index is 12.1. The van der Waals surface area contributed by atoms with E-state index in [1.807, 2.05) is 18.2 Å². The Kier molecular flexibility index (Phi) is 4.78. The number of carbonyl (C=O) groups is 1. The molecule has 1 saturated heterocycles. The number of carbonyl (C=O) groups excluding carboxylic acids is 1. The average Bonchev–Trinajstić information content (AvgIpc) is 2.32. The summed E-state index contributed by atoms with van der Waals surface area (Å²) in [6.45, 7) is 8.49. The second-order valence-electron chi connectivity index (χ2n) is 6.14. The molecule has 0 radical (unpaired) electrons. The number of rotatable bonds is 3. The first kappa shape index (κ1) is 15.0. The summed E-state index contributed by atoms with van der Waals surface area (Å²) in [4.78, 5) is 14.2. The highest BCUT2D eigenvalue weighted by atomic mass is 16.2. The number of amides is 1. The maximum Gasteiger partial charge on any atom is 0.238 e. The fourth-order valence-electron chi connectivity index (χ4n) is 2.86. The van der Waals surface area contributed by atoms with Gasteiger partial charge in [0.1, 0.15) is 0 Å². The molecule has 0 bridgehead atoms. The van der Waals surface area contributed by atoms with Crippen molar-refractivity contribution in [3.63, 3.8) is 0 Å². The van der Waals surface area contributed by atoms with E-state index in [0.717, 1.165) is 25.2 Å². The number of benzene rings is 1. The predicted octanol–water partition coefficient (Wildman–Crippen LogP) is 1.91. The maximum atomic E-state index is 12.1. The third-order valence-electron chi connectivity index (χ3n) is 3.93. The first-order valence-electron chi connectivity index (χ1n) is 7.29. The summed E-state index contributed by atoms with van der Waals surface area (Å²) in [5.41, 5.74) is 9.30. The van der Waals surface area contributed by atoms with Gasteiger partial charge in [0.2, 0.25) is 5.91 Å². The van der Waals surface area contributed by atoms with Crippen molar-refractivity contribution < 1.29 is 4.79 Å². The zero-order valence-corrected chi connectivity index (χ0v) is 12.6. The second kappa shape index (κ2) is 6.37. The first-order chi connectivity index (χ1) is 9.44.